The zero-order chi connectivity index (χ0) is 18.8. The third-order valence-electron chi connectivity index (χ3n) is 6.66. The molecule has 1 aliphatic carbocycles. The summed E-state index contributed by atoms with van der Waals surface area (Å²) in [7, 11) is 0. The lowest BCUT2D eigenvalue weighted by Crippen LogP contribution is -2.24. The molecule has 4 aromatic rings. The molecule has 0 aliphatic heterocycles. The molecule has 1 atom stereocenters. The van der Waals surface area contributed by atoms with Gasteiger partial charge in [-0.1, -0.05) is 76.2 Å². The highest BCUT2D eigenvalue weighted by Crippen LogP contribution is 2.53. The summed E-state index contributed by atoms with van der Waals surface area (Å²) in [5, 5.41) is 5.36. The first-order chi connectivity index (χ1) is 12.9. The van der Waals surface area contributed by atoms with Gasteiger partial charge < -0.3 is 0 Å². The van der Waals surface area contributed by atoms with E-state index in [0.29, 0.717) is 11.8 Å². The zero-order valence-corrected chi connectivity index (χ0v) is 16.6. The Morgan fingerprint density at radius 2 is 1.00 bits per heavy atom. The Bertz CT molecular complexity index is 1090. The number of rotatable bonds is 1. The molecule has 4 aromatic carbocycles. The second-order valence-electron chi connectivity index (χ2n) is 9.21. The van der Waals surface area contributed by atoms with Gasteiger partial charge in [0.25, 0.3) is 0 Å². The van der Waals surface area contributed by atoms with Crippen LogP contribution < -0.4 is 0 Å². The zero-order valence-electron chi connectivity index (χ0n) is 16.6. The Hall–Kier alpha value is -2.60. The molecule has 0 heterocycles. The Balaban J connectivity index is 1.85. The second-order valence-corrected chi connectivity index (χ2v) is 9.21. The molecule has 0 saturated heterocycles. The van der Waals surface area contributed by atoms with Crippen molar-refractivity contribution in [1.82, 2.24) is 0 Å². The Morgan fingerprint density at radius 1 is 0.630 bits per heavy atom. The third kappa shape index (κ3) is 2.51. The Morgan fingerprint density at radius 3 is 1.37 bits per heavy atom. The molecule has 0 amide bonds. The summed E-state index contributed by atoms with van der Waals surface area (Å²) < 4.78 is 0. The fraction of sp³-hybridized carbons (Fsp3) is 0.259. The van der Waals surface area contributed by atoms with Crippen LogP contribution >= 0.6 is 0 Å². The number of fused-ring (bicyclic) bond motifs is 5. The van der Waals surface area contributed by atoms with Crippen LogP contribution in [0.1, 0.15) is 44.7 Å². The molecule has 0 aromatic heterocycles. The van der Waals surface area contributed by atoms with Crippen molar-refractivity contribution in [2.24, 2.45) is 11.3 Å². The van der Waals surface area contributed by atoms with Gasteiger partial charge in [-0.3, -0.25) is 0 Å². The van der Waals surface area contributed by atoms with Gasteiger partial charge >= 0.3 is 0 Å². The van der Waals surface area contributed by atoms with Crippen LogP contribution in [0.25, 0.3) is 32.7 Å². The van der Waals surface area contributed by atoms with E-state index < -0.39 is 0 Å². The molecule has 0 heteroatoms. The van der Waals surface area contributed by atoms with E-state index in [1.54, 1.807) is 0 Å². The molecule has 27 heavy (non-hydrogen) atoms. The van der Waals surface area contributed by atoms with Gasteiger partial charge in [-0.05, 0) is 79.4 Å². The maximum absolute atomic E-state index is 2.45. The van der Waals surface area contributed by atoms with Gasteiger partial charge in [0.05, 0.1) is 0 Å². The first kappa shape index (κ1) is 16.6. The van der Waals surface area contributed by atoms with Crippen molar-refractivity contribution in [1.29, 1.82) is 0 Å². The molecule has 1 aliphatic rings. The monoisotopic (exact) mass is 350 g/mol. The average Bonchev–Trinajstić information content (AvgIpc) is 2.95. The first-order valence-corrected chi connectivity index (χ1v) is 9.99. The smallest absolute Gasteiger partial charge is 0.0133 e. The molecular formula is C27H26. The van der Waals surface area contributed by atoms with E-state index in [1.807, 2.05) is 0 Å². The number of benzene rings is 4. The molecule has 0 spiro atoms. The lowest BCUT2D eigenvalue weighted by Gasteiger charge is -2.33. The normalized spacial score (nSPS) is 15.1. The van der Waals surface area contributed by atoms with E-state index in [0.717, 1.165) is 0 Å². The van der Waals surface area contributed by atoms with Crippen LogP contribution in [0.3, 0.4) is 0 Å². The van der Waals surface area contributed by atoms with Crippen molar-refractivity contribution < 1.29 is 0 Å². The summed E-state index contributed by atoms with van der Waals surface area (Å²) in [6.07, 6.45) is 0. The standard InChI is InChI=1S/C27H26/c1-17(27(2,3)4)26-24-15-20-11-7-5-9-18(20)13-22(24)23-14-19-10-6-8-12-21(19)16-25(23)26/h5-17,26H,1-4H3. The lowest BCUT2D eigenvalue weighted by atomic mass is 9.71. The van der Waals surface area contributed by atoms with Gasteiger partial charge in [0.2, 0.25) is 0 Å². The van der Waals surface area contributed by atoms with Crippen molar-refractivity contribution in [3.63, 3.8) is 0 Å². The summed E-state index contributed by atoms with van der Waals surface area (Å²) in [6, 6.07) is 27.2. The van der Waals surface area contributed by atoms with Crippen molar-refractivity contribution >= 4 is 21.5 Å². The molecule has 5 rings (SSSR count). The number of hydrogen-bond acceptors (Lipinski definition) is 0. The minimum Gasteiger partial charge on any atom is -0.0616 e. The summed E-state index contributed by atoms with van der Waals surface area (Å²) in [5.41, 5.74) is 6.11. The van der Waals surface area contributed by atoms with E-state index in [-0.39, 0.29) is 5.41 Å². The van der Waals surface area contributed by atoms with E-state index in [4.69, 9.17) is 0 Å². The SMILES string of the molecule is CC(C1c2cc3ccccc3cc2-c2cc3ccccc3cc21)C(C)(C)C. The van der Waals surface area contributed by atoms with Crippen LogP contribution in [-0.2, 0) is 0 Å². The van der Waals surface area contributed by atoms with Crippen LogP contribution in [0.4, 0.5) is 0 Å². The van der Waals surface area contributed by atoms with E-state index in [9.17, 15) is 0 Å². The van der Waals surface area contributed by atoms with E-state index in [2.05, 4.69) is 100 Å². The van der Waals surface area contributed by atoms with E-state index >= 15 is 0 Å². The van der Waals surface area contributed by atoms with Crippen LogP contribution in [0.2, 0.25) is 0 Å². The van der Waals surface area contributed by atoms with Crippen LogP contribution in [0, 0.1) is 11.3 Å². The third-order valence-corrected chi connectivity index (χ3v) is 6.66. The highest BCUT2D eigenvalue weighted by Gasteiger charge is 2.37. The molecule has 0 N–H and O–H groups in total. The quantitative estimate of drug-likeness (QED) is 0.329. The molecule has 0 nitrogen and oxygen atoms in total. The van der Waals surface area contributed by atoms with Crippen molar-refractivity contribution in [3.05, 3.63) is 83.9 Å². The average molecular weight is 351 g/mol. The minimum absolute atomic E-state index is 0.251. The maximum atomic E-state index is 2.45. The molecule has 0 radical (unpaired) electrons. The van der Waals surface area contributed by atoms with Gasteiger partial charge in [0.1, 0.15) is 0 Å². The lowest BCUT2D eigenvalue weighted by molar-refractivity contribution is 0.239. The fourth-order valence-electron chi connectivity index (χ4n) is 4.70. The Labute approximate surface area is 161 Å². The maximum Gasteiger partial charge on any atom is 0.0133 e. The first-order valence-electron chi connectivity index (χ1n) is 9.99. The van der Waals surface area contributed by atoms with Gasteiger partial charge in [-0.15, -0.1) is 0 Å². The topological polar surface area (TPSA) is 0 Å². The minimum atomic E-state index is 0.251. The molecular weight excluding hydrogens is 324 g/mol. The predicted octanol–water partition coefficient (Wildman–Crippen LogP) is 7.79. The highest BCUT2D eigenvalue weighted by molar-refractivity contribution is 5.97. The summed E-state index contributed by atoms with van der Waals surface area (Å²) in [5.74, 6) is 1.00. The highest BCUT2D eigenvalue weighted by atomic mass is 14.4. The van der Waals surface area contributed by atoms with Gasteiger partial charge in [-0.25, -0.2) is 0 Å². The van der Waals surface area contributed by atoms with Gasteiger partial charge in [-0.2, -0.15) is 0 Å². The number of hydrogen-bond donors (Lipinski definition) is 0. The Kier molecular flexibility index (Phi) is 3.49. The molecule has 134 valence electrons. The van der Waals surface area contributed by atoms with Crippen LogP contribution in [-0.4, -0.2) is 0 Å². The van der Waals surface area contributed by atoms with Crippen LogP contribution in [0.5, 0.6) is 0 Å². The van der Waals surface area contributed by atoms with Gasteiger partial charge in [0.15, 0.2) is 0 Å². The summed E-state index contributed by atoms with van der Waals surface area (Å²) >= 11 is 0. The van der Waals surface area contributed by atoms with E-state index in [1.165, 1.54) is 43.8 Å². The molecule has 0 saturated carbocycles. The van der Waals surface area contributed by atoms with Crippen LogP contribution in [0.15, 0.2) is 72.8 Å². The molecule has 1 unspecified atom stereocenters. The summed E-state index contributed by atoms with van der Waals surface area (Å²) in [6.45, 7) is 9.54. The summed E-state index contributed by atoms with van der Waals surface area (Å²) in [4.78, 5) is 0. The van der Waals surface area contributed by atoms with Crippen molar-refractivity contribution in [2.45, 2.75) is 33.6 Å². The molecule has 0 fully saturated rings. The van der Waals surface area contributed by atoms with Crippen molar-refractivity contribution in [2.75, 3.05) is 0 Å². The fourth-order valence-corrected chi connectivity index (χ4v) is 4.70. The van der Waals surface area contributed by atoms with Gasteiger partial charge in [0, 0.05) is 5.92 Å². The molecule has 0 bridgehead atoms. The largest absolute Gasteiger partial charge is 0.0616 e. The predicted molar refractivity (Wildman–Crippen MR) is 117 cm³/mol. The van der Waals surface area contributed by atoms with Crippen molar-refractivity contribution in [3.8, 4) is 11.1 Å². The second kappa shape index (κ2) is 5.70.